The van der Waals surface area contributed by atoms with Crippen molar-refractivity contribution >= 4 is 17.5 Å². The van der Waals surface area contributed by atoms with Gasteiger partial charge in [0.2, 0.25) is 0 Å². The van der Waals surface area contributed by atoms with Crippen molar-refractivity contribution in [1.82, 2.24) is 20.3 Å². The first-order valence-corrected chi connectivity index (χ1v) is 7.18. The third-order valence-corrected chi connectivity index (χ3v) is 3.58. The maximum absolute atomic E-state index is 12.1. The van der Waals surface area contributed by atoms with E-state index in [-0.39, 0.29) is 18.1 Å². The number of nitrogens with zero attached hydrogens (tertiary/aromatic N) is 3. The van der Waals surface area contributed by atoms with E-state index in [0.29, 0.717) is 16.7 Å². The van der Waals surface area contributed by atoms with Gasteiger partial charge in [-0.2, -0.15) is 5.10 Å². The second-order valence-corrected chi connectivity index (χ2v) is 5.81. The van der Waals surface area contributed by atoms with Gasteiger partial charge in [0.1, 0.15) is 0 Å². The Balaban J connectivity index is 1.97. The monoisotopic (exact) mass is 310 g/mol. The molecule has 6 nitrogen and oxygen atoms in total. The van der Waals surface area contributed by atoms with Crippen LogP contribution in [0.25, 0.3) is 0 Å². The van der Waals surface area contributed by atoms with Crippen molar-refractivity contribution in [2.75, 3.05) is 0 Å². The maximum Gasteiger partial charge on any atom is 0.273 e. The summed E-state index contributed by atoms with van der Waals surface area (Å²) in [5.41, 5.74) is 1.86. The van der Waals surface area contributed by atoms with Crippen LogP contribution in [0.2, 0.25) is 5.02 Å². The molecule has 2 aromatic rings. The summed E-state index contributed by atoms with van der Waals surface area (Å²) < 4.78 is 6.76. The first-order chi connectivity index (χ1) is 9.88. The zero-order chi connectivity index (χ0) is 15.6. The summed E-state index contributed by atoms with van der Waals surface area (Å²) in [6, 6.07) is 1.85. The van der Waals surface area contributed by atoms with Crippen molar-refractivity contribution in [3.05, 3.63) is 33.9 Å². The van der Waals surface area contributed by atoms with Crippen molar-refractivity contribution in [2.24, 2.45) is 13.0 Å². The number of nitrogens with one attached hydrogen (secondary N) is 1. The van der Waals surface area contributed by atoms with Crippen LogP contribution in [0, 0.1) is 12.8 Å². The zero-order valence-electron chi connectivity index (χ0n) is 12.6. The van der Waals surface area contributed by atoms with E-state index in [1.165, 1.54) is 0 Å². The highest BCUT2D eigenvalue weighted by Gasteiger charge is 2.18. The van der Waals surface area contributed by atoms with E-state index < -0.39 is 0 Å². The molecule has 0 bridgehead atoms. The molecule has 2 rings (SSSR count). The fraction of sp³-hybridized carbons (Fsp3) is 0.500. The van der Waals surface area contributed by atoms with E-state index in [0.717, 1.165) is 17.8 Å². The minimum absolute atomic E-state index is 0.221. The summed E-state index contributed by atoms with van der Waals surface area (Å²) in [5, 5.41) is 11.2. The summed E-state index contributed by atoms with van der Waals surface area (Å²) in [6.07, 6.45) is 0.850. The summed E-state index contributed by atoms with van der Waals surface area (Å²) in [6.45, 7) is 6.29. The van der Waals surface area contributed by atoms with Gasteiger partial charge in [-0.25, -0.2) is 0 Å². The maximum atomic E-state index is 12.1. The molecule has 0 aliphatic carbocycles. The molecule has 0 radical (unpaired) electrons. The molecule has 0 aromatic carbocycles. The van der Waals surface area contributed by atoms with Crippen LogP contribution in [0.15, 0.2) is 10.6 Å². The Hall–Kier alpha value is -1.82. The van der Waals surface area contributed by atoms with Crippen LogP contribution in [0.3, 0.4) is 0 Å². The lowest BCUT2D eigenvalue weighted by Crippen LogP contribution is -2.23. The number of amides is 1. The lowest BCUT2D eigenvalue weighted by molar-refractivity contribution is 0.0941. The molecule has 1 amide bonds. The smallest absolute Gasteiger partial charge is 0.273 e. The lowest BCUT2D eigenvalue weighted by Gasteiger charge is -2.00. The molecule has 21 heavy (non-hydrogen) atoms. The van der Waals surface area contributed by atoms with E-state index >= 15 is 0 Å². The quantitative estimate of drug-likeness (QED) is 0.921. The van der Waals surface area contributed by atoms with E-state index in [1.54, 1.807) is 18.7 Å². The molecule has 2 aromatic heterocycles. The summed E-state index contributed by atoms with van der Waals surface area (Å²) in [7, 11) is 1.74. The lowest BCUT2D eigenvalue weighted by atomic mass is 10.1. The zero-order valence-corrected chi connectivity index (χ0v) is 13.4. The Morgan fingerprint density at radius 2 is 2.24 bits per heavy atom. The van der Waals surface area contributed by atoms with Gasteiger partial charge < -0.3 is 9.84 Å². The Morgan fingerprint density at radius 3 is 2.81 bits per heavy atom. The van der Waals surface area contributed by atoms with Crippen molar-refractivity contribution in [3.63, 3.8) is 0 Å². The highest BCUT2D eigenvalue weighted by Crippen LogP contribution is 2.19. The minimum atomic E-state index is -0.328. The fourth-order valence-electron chi connectivity index (χ4n) is 1.93. The van der Waals surface area contributed by atoms with Gasteiger partial charge in [0.25, 0.3) is 5.91 Å². The molecule has 0 unspecified atom stereocenters. The molecule has 1 N–H and O–H groups in total. The number of halogens is 1. The first kappa shape index (κ1) is 15.6. The number of aryl methyl sites for hydroxylation is 1. The number of carbonyl (C=O) groups is 1. The normalized spacial score (nSPS) is 11.1. The third-order valence-electron chi connectivity index (χ3n) is 3.12. The predicted molar refractivity (Wildman–Crippen MR) is 79.2 cm³/mol. The van der Waals surface area contributed by atoms with Crippen molar-refractivity contribution in [1.29, 1.82) is 0 Å². The number of hydrogen-bond acceptors (Lipinski definition) is 4. The molecule has 114 valence electrons. The minimum Gasteiger partial charge on any atom is -0.359 e. The van der Waals surface area contributed by atoms with Crippen LogP contribution in [0.1, 0.15) is 41.5 Å². The van der Waals surface area contributed by atoms with Crippen LogP contribution in [0.5, 0.6) is 0 Å². The van der Waals surface area contributed by atoms with Crippen molar-refractivity contribution in [3.8, 4) is 0 Å². The fourth-order valence-corrected chi connectivity index (χ4v) is 2.18. The molecule has 2 heterocycles. The summed E-state index contributed by atoms with van der Waals surface area (Å²) >= 11 is 6.07. The van der Waals surface area contributed by atoms with Gasteiger partial charge in [-0.05, 0) is 19.3 Å². The molecule has 7 heteroatoms. The second kappa shape index (κ2) is 6.30. The van der Waals surface area contributed by atoms with Crippen LogP contribution >= 0.6 is 11.6 Å². The molecule has 0 fully saturated rings. The van der Waals surface area contributed by atoms with Gasteiger partial charge in [-0.15, -0.1) is 0 Å². The average molecular weight is 311 g/mol. The number of hydrogen-bond donors (Lipinski definition) is 1. The average Bonchev–Trinajstić information content (AvgIpc) is 2.96. The standard InChI is InChI=1S/C14H19ClN4O2/c1-8(2)5-10-6-11(21-18-10)7-16-14(20)13-12(15)9(3)19(4)17-13/h6,8H,5,7H2,1-4H3,(H,16,20). The van der Waals surface area contributed by atoms with E-state index in [1.807, 2.05) is 6.07 Å². The highest BCUT2D eigenvalue weighted by atomic mass is 35.5. The Morgan fingerprint density at radius 1 is 1.52 bits per heavy atom. The molecule has 0 atom stereocenters. The van der Waals surface area contributed by atoms with Crippen LogP contribution in [-0.4, -0.2) is 20.8 Å². The first-order valence-electron chi connectivity index (χ1n) is 6.80. The van der Waals surface area contributed by atoms with Crippen LogP contribution < -0.4 is 5.32 Å². The molecule has 0 saturated carbocycles. The molecular formula is C14H19ClN4O2. The number of rotatable bonds is 5. The van der Waals surface area contributed by atoms with Gasteiger partial charge in [0.15, 0.2) is 11.5 Å². The Kier molecular flexibility index (Phi) is 4.67. The molecule has 0 aliphatic rings. The van der Waals surface area contributed by atoms with Gasteiger partial charge in [0, 0.05) is 13.1 Å². The molecule has 0 spiro atoms. The molecule has 0 saturated heterocycles. The Bertz CT molecular complexity index is 645. The second-order valence-electron chi connectivity index (χ2n) is 5.44. The van der Waals surface area contributed by atoms with Crippen molar-refractivity contribution < 1.29 is 9.32 Å². The van der Waals surface area contributed by atoms with E-state index in [2.05, 4.69) is 29.4 Å². The van der Waals surface area contributed by atoms with Crippen LogP contribution in [-0.2, 0) is 20.0 Å². The van der Waals surface area contributed by atoms with E-state index in [9.17, 15) is 4.79 Å². The third kappa shape index (κ3) is 3.64. The topological polar surface area (TPSA) is 73.0 Å². The van der Waals surface area contributed by atoms with Crippen LogP contribution in [0.4, 0.5) is 0 Å². The summed E-state index contributed by atoms with van der Waals surface area (Å²) in [5.74, 6) is 0.793. The van der Waals surface area contributed by atoms with Crippen molar-refractivity contribution in [2.45, 2.75) is 33.7 Å². The molecule has 0 aliphatic heterocycles. The van der Waals surface area contributed by atoms with Gasteiger partial charge in [0.05, 0.1) is 23.0 Å². The molecular weight excluding hydrogens is 292 g/mol. The van der Waals surface area contributed by atoms with E-state index in [4.69, 9.17) is 16.1 Å². The Labute approximate surface area is 128 Å². The van der Waals surface area contributed by atoms with Gasteiger partial charge >= 0.3 is 0 Å². The number of carbonyl (C=O) groups excluding carboxylic acids is 1. The largest absolute Gasteiger partial charge is 0.359 e. The highest BCUT2D eigenvalue weighted by molar-refractivity contribution is 6.34. The van der Waals surface area contributed by atoms with Gasteiger partial charge in [-0.1, -0.05) is 30.6 Å². The predicted octanol–water partition coefficient (Wildman–Crippen LogP) is 2.50. The van der Waals surface area contributed by atoms with Gasteiger partial charge in [-0.3, -0.25) is 9.48 Å². The SMILES string of the molecule is Cc1c(Cl)c(C(=O)NCc2cc(CC(C)C)no2)nn1C. The number of aromatic nitrogens is 3. The summed E-state index contributed by atoms with van der Waals surface area (Å²) in [4.78, 5) is 12.1.